The SMILES string of the molecule is COc1ccc(C2(CN)CCCC2)cc1OC1CN(C)C1. The quantitative estimate of drug-likeness (QED) is 0.903. The molecule has 1 aromatic rings. The Morgan fingerprint density at radius 1 is 1.24 bits per heavy atom. The summed E-state index contributed by atoms with van der Waals surface area (Å²) in [5.41, 5.74) is 7.55. The largest absolute Gasteiger partial charge is 0.493 e. The maximum Gasteiger partial charge on any atom is 0.162 e. The van der Waals surface area contributed by atoms with Crippen LogP contribution in [0.15, 0.2) is 18.2 Å². The first kappa shape index (κ1) is 14.7. The molecule has 2 aliphatic rings. The van der Waals surface area contributed by atoms with Crippen LogP contribution in [0.25, 0.3) is 0 Å². The zero-order chi connectivity index (χ0) is 14.9. The molecule has 2 N–H and O–H groups in total. The topological polar surface area (TPSA) is 47.7 Å². The van der Waals surface area contributed by atoms with Gasteiger partial charge in [0.2, 0.25) is 0 Å². The molecule has 116 valence electrons. The summed E-state index contributed by atoms with van der Waals surface area (Å²) >= 11 is 0. The first-order chi connectivity index (χ1) is 10.2. The number of hydrogen-bond donors (Lipinski definition) is 1. The molecule has 1 aliphatic heterocycles. The van der Waals surface area contributed by atoms with E-state index in [1.165, 1.54) is 31.2 Å². The van der Waals surface area contributed by atoms with E-state index in [1.54, 1.807) is 7.11 Å². The van der Waals surface area contributed by atoms with Crippen LogP contribution in [0.4, 0.5) is 0 Å². The van der Waals surface area contributed by atoms with Crippen LogP contribution in [-0.4, -0.2) is 44.8 Å². The third-order valence-electron chi connectivity index (χ3n) is 5.05. The van der Waals surface area contributed by atoms with Gasteiger partial charge in [-0.1, -0.05) is 18.9 Å². The van der Waals surface area contributed by atoms with Crippen LogP contribution in [0.1, 0.15) is 31.2 Å². The Morgan fingerprint density at radius 2 is 1.95 bits per heavy atom. The number of nitrogens with two attached hydrogens (primary N) is 1. The van der Waals surface area contributed by atoms with Crippen molar-refractivity contribution in [3.63, 3.8) is 0 Å². The van der Waals surface area contributed by atoms with Crippen molar-refractivity contribution in [2.45, 2.75) is 37.2 Å². The van der Waals surface area contributed by atoms with Gasteiger partial charge in [-0.2, -0.15) is 0 Å². The van der Waals surface area contributed by atoms with Gasteiger partial charge >= 0.3 is 0 Å². The Hall–Kier alpha value is -1.26. The molecule has 0 aromatic heterocycles. The lowest BCUT2D eigenvalue weighted by Gasteiger charge is -2.36. The maximum absolute atomic E-state index is 6.12. The second-order valence-corrected chi connectivity index (χ2v) is 6.52. The number of ether oxygens (including phenoxy) is 2. The van der Waals surface area contributed by atoms with Crippen molar-refractivity contribution in [1.82, 2.24) is 4.90 Å². The van der Waals surface area contributed by atoms with Crippen molar-refractivity contribution in [1.29, 1.82) is 0 Å². The Morgan fingerprint density at radius 3 is 2.52 bits per heavy atom. The summed E-state index contributed by atoms with van der Waals surface area (Å²) in [7, 11) is 3.80. The highest BCUT2D eigenvalue weighted by Crippen LogP contribution is 2.43. The van der Waals surface area contributed by atoms with Gasteiger partial charge in [-0.25, -0.2) is 0 Å². The van der Waals surface area contributed by atoms with Gasteiger partial charge in [0.1, 0.15) is 6.10 Å². The number of nitrogens with zero attached hydrogens (tertiary/aromatic N) is 1. The smallest absolute Gasteiger partial charge is 0.162 e. The van der Waals surface area contributed by atoms with Gasteiger partial charge in [-0.15, -0.1) is 0 Å². The average molecular weight is 290 g/mol. The maximum atomic E-state index is 6.12. The molecular formula is C17H26N2O2. The molecule has 3 rings (SSSR count). The molecule has 1 aromatic carbocycles. The highest BCUT2D eigenvalue weighted by molar-refractivity contribution is 5.46. The van der Waals surface area contributed by atoms with Crippen molar-refractivity contribution in [2.24, 2.45) is 5.73 Å². The third kappa shape index (κ3) is 2.74. The number of likely N-dealkylation sites (N-methyl/N-ethyl adjacent to an activating group) is 1. The lowest BCUT2D eigenvalue weighted by molar-refractivity contribution is 0.0368. The highest BCUT2D eigenvalue weighted by atomic mass is 16.5. The fourth-order valence-electron chi connectivity index (χ4n) is 3.66. The fraction of sp³-hybridized carbons (Fsp3) is 0.647. The van der Waals surface area contributed by atoms with Crippen molar-refractivity contribution in [3.8, 4) is 11.5 Å². The molecule has 4 nitrogen and oxygen atoms in total. The molecule has 1 saturated heterocycles. The summed E-state index contributed by atoms with van der Waals surface area (Å²) in [4.78, 5) is 2.25. The van der Waals surface area contributed by atoms with Crippen LogP contribution in [-0.2, 0) is 5.41 Å². The molecule has 0 unspecified atom stereocenters. The lowest BCUT2D eigenvalue weighted by atomic mass is 9.79. The van der Waals surface area contributed by atoms with Gasteiger partial charge in [0, 0.05) is 25.0 Å². The van der Waals surface area contributed by atoms with E-state index in [0.717, 1.165) is 24.6 Å². The molecule has 4 heteroatoms. The predicted octanol–water partition coefficient (Wildman–Crippen LogP) is 2.16. The summed E-state index contributed by atoms with van der Waals surface area (Å²) in [6.45, 7) is 2.68. The van der Waals surface area contributed by atoms with E-state index in [0.29, 0.717) is 6.54 Å². The molecule has 0 bridgehead atoms. The highest BCUT2D eigenvalue weighted by Gasteiger charge is 2.35. The van der Waals surface area contributed by atoms with E-state index in [9.17, 15) is 0 Å². The fourth-order valence-corrected chi connectivity index (χ4v) is 3.66. The Kier molecular flexibility index (Phi) is 4.09. The van der Waals surface area contributed by atoms with Gasteiger partial charge in [0.05, 0.1) is 7.11 Å². The van der Waals surface area contributed by atoms with Crippen LogP contribution in [0.5, 0.6) is 11.5 Å². The van der Waals surface area contributed by atoms with E-state index in [-0.39, 0.29) is 11.5 Å². The standard InChI is InChI=1S/C17H26N2O2/c1-19-10-14(11-19)21-16-9-13(5-6-15(16)20-2)17(12-18)7-3-4-8-17/h5-6,9,14H,3-4,7-8,10-12,18H2,1-2H3. The minimum absolute atomic E-state index is 0.140. The Labute approximate surface area is 127 Å². The number of methoxy groups -OCH3 is 1. The van der Waals surface area contributed by atoms with E-state index >= 15 is 0 Å². The normalized spacial score (nSPS) is 22.0. The molecule has 0 radical (unpaired) electrons. The molecule has 21 heavy (non-hydrogen) atoms. The molecule has 1 aliphatic carbocycles. The molecule has 1 saturated carbocycles. The summed E-state index contributed by atoms with van der Waals surface area (Å²) in [5, 5.41) is 0. The molecule has 2 fully saturated rings. The van der Waals surface area contributed by atoms with Crippen molar-refractivity contribution in [3.05, 3.63) is 23.8 Å². The minimum atomic E-state index is 0.140. The summed E-state index contributed by atoms with van der Waals surface area (Å²) < 4.78 is 11.6. The first-order valence-corrected chi connectivity index (χ1v) is 7.91. The summed E-state index contributed by atoms with van der Waals surface area (Å²) in [6, 6.07) is 6.36. The second kappa shape index (κ2) is 5.85. The van der Waals surface area contributed by atoms with Gasteiger partial charge in [-0.05, 0) is 37.6 Å². The number of rotatable bonds is 5. The van der Waals surface area contributed by atoms with E-state index in [2.05, 4.69) is 24.1 Å². The Balaban J connectivity index is 1.85. The second-order valence-electron chi connectivity index (χ2n) is 6.52. The molecular weight excluding hydrogens is 264 g/mol. The summed E-state index contributed by atoms with van der Waals surface area (Å²) in [5.74, 6) is 1.69. The first-order valence-electron chi connectivity index (χ1n) is 7.91. The molecule has 1 heterocycles. The van der Waals surface area contributed by atoms with Gasteiger partial charge < -0.3 is 15.2 Å². The number of hydrogen-bond acceptors (Lipinski definition) is 4. The van der Waals surface area contributed by atoms with E-state index < -0.39 is 0 Å². The van der Waals surface area contributed by atoms with E-state index in [4.69, 9.17) is 15.2 Å². The van der Waals surface area contributed by atoms with Gasteiger partial charge in [0.25, 0.3) is 0 Å². The van der Waals surface area contributed by atoms with Crippen molar-refractivity contribution >= 4 is 0 Å². The molecule has 0 spiro atoms. The zero-order valence-electron chi connectivity index (χ0n) is 13.1. The number of likely N-dealkylation sites (tertiary alicyclic amines) is 1. The molecule has 0 amide bonds. The number of benzene rings is 1. The van der Waals surface area contributed by atoms with Crippen LogP contribution in [0, 0.1) is 0 Å². The Bertz CT molecular complexity index is 492. The van der Waals surface area contributed by atoms with Crippen LogP contribution >= 0.6 is 0 Å². The van der Waals surface area contributed by atoms with E-state index in [1.807, 2.05) is 6.07 Å². The van der Waals surface area contributed by atoms with Crippen molar-refractivity contribution in [2.75, 3.05) is 33.8 Å². The lowest BCUT2D eigenvalue weighted by Crippen LogP contribution is -2.51. The summed E-state index contributed by atoms with van der Waals surface area (Å²) in [6.07, 6.45) is 5.18. The van der Waals surface area contributed by atoms with Crippen LogP contribution < -0.4 is 15.2 Å². The third-order valence-corrected chi connectivity index (χ3v) is 5.05. The zero-order valence-corrected chi connectivity index (χ0v) is 13.1. The van der Waals surface area contributed by atoms with Crippen molar-refractivity contribution < 1.29 is 9.47 Å². The minimum Gasteiger partial charge on any atom is -0.493 e. The molecule has 0 atom stereocenters. The van der Waals surface area contributed by atoms with Crippen LogP contribution in [0.2, 0.25) is 0 Å². The average Bonchev–Trinajstić information content (AvgIpc) is 2.95. The van der Waals surface area contributed by atoms with Gasteiger partial charge in [0.15, 0.2) is 11.5 Å². The monoisotopic (exact) mass is 290 g/mol. The van der Waals surface area contributed by atoms with Gasteiger partial charge in [-0.3, -0.25) is 4.90 Å². The predicted molar refractivity (Wildman–Crippen MR) is 84.1 cm³/mol. The van der Waals surface area contributed by atoms with Crippen LogP contribution in [0.3, 0.4) is 0 Å².